The van der Waals surface area contributed by atoms with Gasteiger partial charge in [0, 0.05) is 10.6 Å². The number of nitrogens with zero attached hydrogens (tertiary/aromatic N) is 4. The van der Waals surface area contributed by atoms with Gasteiger partial charge in [0.25, 0.3) is 5.56 Å². The van der Waals surface area contributed by atoms with Crippen LogP contribution < -0.4 is 5.56 Å². The first-order chi connectivity index (χ1) is 9.08. The zero-order valence-electron chi connectivity index (χ0n) is 9.88. The average molecular weight is 271 g/mol. The minimum Gasteiger partial charge on any atom is -0.266 e. The Hall–Kier alpha value is -2.63. The molecule has 2 aromatic rings. The fraction of sp³-hybridized carbons (Fsp3) is 0.0769. The highest BCUT2D eigenvalue weighted by Gasteiger charge is 2.14. The summed E-state index contributed by atoms with van der Waals surface area (Å²) in [5.74, 6) is 0. The average Bonchev–Trinajstić information content (AvgIpc) is 2.39. The van der Waals surface area contributed by atoms with Gasteiger partial charge in [0.05, 0.1) is 5.69 Å². The highest BCUT2D eigenvalue weighted by molar-refractivity contribution is 6.30. The summed E-state index contributed by atoms with van der Waals surface area (Å²) in [6, 6.07) is 10.1. The highest BCUT2D eigenvalue weighted by atomic mass is 35.5. The topological polar surface area (TPSA) is 82.5 Å². The normalized spacial score (nSPS) is 9.68. The van der Waals surface area contributed by atoms with Crippen molar-refractivity contribution in [3.8, 4) is 17.8 Å². The summed E-state index contributed by atoms with van der Waals surface area (Å²) in [4.78, 5) is 12.1. The van der Waals surface area contributed by atoms with Crippen LogP contribution >= 0.6 is 11.6 Å². The van der Waals surface area contributed by atoms with E-state index in [0.717, 1.165) is 4.68 Å². The molecule has 0 atom stereocenters. The van der Waals surface area contributed by atoms with E-state index in [1.165, 1.54) is 13.0 Å². The predicted octanol–water partition coefficient (Wildman–Crippen LogP) is 1.94. The van der Waals surface area contributed by atoms with Crippen molar-refractivity contribution >= 4 is 11.6 Å². The lowest BCUT2D eigenvalue weighted by Crippen LogP contribution is -2.26. The van der Waals surface area contributed by atoms with Crippen LogP contribution in [0.4, 0.5) is 0 Å². The molecule has 1 aromatic heterocycles. The number of rotatable bonds is 1. The number of nitriles is 2. The first kappa shape index (κ1) is 12.8. The van der Waals surface area contributed by atoms with Crippen molar-refractivity contribution in [3.63, 3.8) is 0 Å². The van der Waals surface area contributed by atoms with Crippen LogP contribution in [0.5, 0.6) is 0 Å². The number of halogens is 1. The Balaban J connectivity index is 2.84. The van der Waals surface area contributed by atoms with Crippen molar-refractivity contribution in [2.24, 2.45) is 0 Å². The molecule has 2 rings (SSSR count). The Kier molecular flexibility index (Phi) is 3.33. The Bertz CT molecular complexity index is 796. The third kappa shape index (κ3) is 2.20. The summed E-state index contributed by atoms with van der Waals surface area (Å²) in [7, 11) is 0. The van der Waals surface area contributed by atoms with E-state index in [0.29, 0.717) is 10.7 Å². The van der Waals surface area contributed by atoms with Crippen LogP contribution in [0.2, 0.25) is 5.02 Å². The van der Waals surface area contributed by atoms with Crippen molar-refractivity contribution in [1.29, 1.82) is 10.5 Å². The Morgan fingerprint density at radius 3 is 2.63 bits per heavy atom. The summed E-state index contributed by atoms with van der Waals surface area (Å²) in [6.45, 7) is 1.52. The van der Waals surface area contributed by atoms with Gasteiger partial charge in [-0.25, -0.2) is 0 Å². The summed E-state index contributed by atoms with van der Waals surface area (Å²) >= 11 is 5.85. The number of aromatic nitrogens is 2. The van der Waals surface area contributed by atoms with Crippen molar-refractivity contribution in [2.75, 3.05) is 0 Å². The molecule has 0 radical (unpaired) electrons. The van der Waals surface area contributed by atoms with E-state index >= 15 is 0 Å². The van der Waals surface area contributed by atoms with Crippen molar-refractivity contribution in [2.45, 2.75) is 6.92 Å². The lowest BCUT2D eigenvalue weighted by Gasteiger charge is -2.07. The second-order valence-electron chi connectivity index (χ2n) is 3.77. The van der Waals surface area contributed by atoms with Gasteiger partial charge in [-0.1, -0.05) is 17.7 Å². The third-order valence-electron chi connectivity index (χ3n) is 2.61. The van der Waals surface area contributed by atoms with Crippen LogP contribution in [0.15, 0.2) is 29.1 Å². The molecule has 0 aliphatic heterocycles. The summed E-state index contributed by atoms with van der Waals surface area (Å²) in [5.41, 5.74) is 0.0719. The summed E-state index contributed by atoms with van der Waals surface area (Å²) in [6.07, 6.45) is 0. The molecule has 19 heavy (non-hydrogen) atoms. The minimum atomic E-state index is -0.568. The lowest BCUT2D eigenvalue weighted by molar-refractivity contribution is 0.786. The Morgan fingerprint density at radius 1 is 1.32 bits per heavy atom. The van der Waals surface area contributed by atoms with E-state index in [2.05, 4.69) is 5.10 Å². The molecule has 0 amide bonds. The van der Waals surface area contributed by atoms with Crippen LogP contribution in [-0.4, -0.2) is 9.78 Å². The molecule has 6 heteroatoms. The molecule has 0 spiro atoms. The van der Waals surface area contributed by atoms with Crippen molar-refractivity contribution in [1.82, 2.24) is 9.78 Å². The molecule has 0 bridgehead atoms. The molecule has 1 aromatic carbocycles. The fourth-order valence-corrected chi connectivity index (χ4v) is 1.81. The molecular formula is C13H7ClN4O. The van der Waals surface area contributed by atoms with E-state index in [9.17, 15) is 4.79 Å². The second-order valence-corrected chi connectivity index (χ2v) is 4.21. The van der Waals surface area contributed by atoms with Crippen molar-refractivity contribution < 1.29 is 0 Å². The van der Waals surface area contributed by atoms with Crippen LogP contribution in [0.3, 0.4) is 0 Å². The highest BCUT2D eigenvalue weighted by Crippen LogP contribution is 2.14. The minimum absolute atomic E-state index is 0.0381. The fourth-order valence-electron chi connectivity index (χ4n) is 1.63. The largest absolute Gasteiger partial charge is 0.289 e. The van der Waals surface area contributed by atoms with E-state index in [1.54, 1.807) is 24.3 Å². The zero-order chi connectivity index (χ0) is 14.0. The summed E-state index contributed by atoms with van der Waals surface area (Å²) < 4.78 is 1.01. The number of hydrogen-bond donors (Lipinski definition) is 0. The van der Waals surface area contributed by atoms with Crippen molar-refractivity contribution in [3.05, 3.63) is 56.5 Å². The van der Waals surface area contributed by atoms with Gasteiger partial charge >= 0.3 is 0 Å². The third-order valence-corrected chi connectivity index (χ3v) is 2.84. The molecule has 0 saturated carbocycles. The first-order valence-corrected chi connectivity index (χ1v) is 5.66. The molecular weight excluding hydrogens is 264 g/mol. The SMILES string of the molecule is Cc1c(C#N)nn(-c2cccc(Cl)c2)c(=O)c1C#N. The van der Waals surface area contributed by atoms with Gasteiger partial charge in [-0.2, -0.15) is 20.3 Å². The van der Waals surface area contributed by atoms with Gasteiger partial charge in [-0.05, 0) is 25.1 Å². The van der Waals surface area contributed by atoms with E-state index in [-0.39, 0.29) is 16.8 Å². The molecule has 0 fully saturated rings. The van der Waals surface area contributed by atoms with Gasteiger partial charge in [-0.15, -0.1) is 0 Å². The predicted molar refractivity (Wildman–Crippen MR) is 69.0 cm³/mol. The molecule has 0 aliphatic rings. The molecule has 0 unspecified atom stereocenters. The quantitative estimate of drug-likeness (QED) is 0.793. The molecule has 0 saturated heterocycles. The van der Waals surface area contributed by atoms with Gasteiger partial charge in [0.15, 0.2) is 5.69 Å². The number of benzene rings is 1. The van der Waals surface area contributed by atoms with Gasteiger partial charge in [-0.3, -0.25) is 4.79 Å². The van der Waals surface area contributed by atoms with Crippen LogP contribution in [-0.2, 0) is 0 Å². The van der Waals surface area contributed by atoms with Crippen LogP contribution in [0, 0.1) is 29.6 Å². The van der Waals surface area contributed by atoms with Crippen LogP contribution in [0.1, 0.15) is 16.8 Å². The van der Waals surface area contributed by atoms with E-state index < -0.39 is 5.56 Å². The van der Waals surface area contributed by atoms with Crippen LogP contribution in [0.25, 0.3) is 5.69 Å². The van der Waals surface area contributed by atoms with E-state index in [4.69, 9.17) is 22.1 Å². The maximum absolute atomic E-state index is 12.1. The molecule has 0 N–H and O–H groups in total. The first-order valence-electron chi connectivity index (χ1n) is 5.28. The van der Waals surface area contributed by atoms with Gasteiger partial charge < -0.3 is 0 Å². The van der Waals surface area contributed by atoms with E-state index in [1.807, 2.05) is 6.07 Å². The molecule has 5 nitrogen and oxygen atoms in total. The maximum atomic E-state index is 12.1. The molecule has 92 valence electrons. The zero-order valence-corrected chi connectivity index (χ0v) is 10.6. The van der Waals surface area contributed by atoms with Gasteiger partial charge in [0.1, 0.15) is 17.7 Å². The number of hydrogen-bond acceptors (Lipinski definition) is 4. The smallest absolute Gasteiger partial charge is 0.266 e. The van der Waals surface area contributed by atoms with Gasteiger partial charge in [0.2, 0.25) is 0 Å². The maximum Gasteiger partial charge on any atom is 0.289 e. The summed E-state index contributed by atoms with van der Waals surface area (Å²) in [5, 5.41) is 22.4. The monoisotopic (exact) mass is 270 g/mol. The Morgan fingerprint density at radius 2 is 2.05 bits per heavy atom. The molecule has 1 heterocycles. The second kappa shape index (κ2) is 4.93. The Labute approximate surface area is 113 Å². The lowest BCUT2D eigenvalue weighted by atomic mass is 10.1. The molecule has 0 aliphatic carbocycles. The standard InChI is InChI=1S/C13H7ClN4O/c1-8-11(6-15)13(19)18(17-12(8)7-16)10-4-2-3-9(14)5-10/h2-5H,1H3.